The lowest BCUT2D eigenvalue weighted by atomic mass is 10.1. The number of carboxylic acid groups (broad SMARTS) is 1. The average Bonchev–Trinajstić information content (AvgIpc) is 2.24. The molecule has 0 aliphatic heterocycles. The summed E-state index contributed by atoms with van der Waals surface area (Å²) in [5.41, 5.74) is -2.56. The number of ether oxygens (including phenoxy) is 2. The topological polar surface area (TPSA) is 68.7 Å². The van der Waals surface area contributed by atoms with Crippen molar-refractivity contribution in [2.24, 2.45) is 0 Å². The van der Waals surface area contributed by atoms with Crippen LogP contribution in [-0.2, 0) is 6.18 Å². The van der Waals surface area contributed by atoms with Crippen LogP contribution in [0.5, 0.6) is 11.6 Å². The van der Waals surface area contributed by atoms with Crippen LogP contribution in [0.1, 0.15) is 43.7 Å². The maximum atomic E-state index is 13.0. The molecular weight excluding hydrogens is 291 g/mol. The lowest BCUT2D eigenvalue weighted by Gasteiger charge is -2.18. The SMILES string of the molecule is CC(C)Oc1cc(OC(C)C)c(C(=O)O)c(C(F)(F)F)n1. The van der Waals surface area contributed by atoms with Gasteiger partial charge < -0.3 is 14.6 Å². The molecule has 0 amide bonds. The number of aromatic carboxylic acids is 1. The summed E-state index contributed by atoms with van der Waals surface area (Å²) < 4.78 is 49.3. The highest BCUT2D eigenvalue weighted by Gasteiger charge is 2.40. The Balaban J connectivity index is 3.53. The van der Waals surface area contributed by atoms with E-state index in [1.165, 1.54) is 0 Å². The fourth-order valence-electron chi connectivity index (χ4n) is 1.56. The summed E-state index contributed by atoms with van der Waals surface area (Å²) in [5, 5.41) is 9.03. The van der Waals surface area contributed by atoms with Gasteiger partial charge in [-0.25, -0.2) is 9.78 Å². The Bertz CT molecular complexity index is 527. The standard InChI is InChI=1S/C13H16F3NO4/c1-6(2)20-8-5-9(21-7(3)4)17-11(13(14,15)16)10(8)12(18)19/h5-7H,1-4H3,(H,18,19). The highest BCUT2D eigenvalue weighted by molar-refractivity contribution is 5.92. The van der Waals surface area contributed by atoms with Crippen molar-refractivity contribution < 1.29 is 32.5 Å². The third-order valence-corrected chi connectivity index (χ3v) is 2.16. The van der Waals surface area contributed by atoms with E-state index in [1.807, 2.05) is 0 Å². The fourth-order valence-corrected chi connectivity index (χ4v) is 1.56. The van der Waals surface area contributed by atoms with Gasteiger partial charge in [-0.15, -0.1) is 0 Å². The zero-order chi connectivity index (χ0) is 16.4. The van der Waals surface area contributed by atoms with E-state index in [-0.39, 0.29) is 5.88 Å². The van der Waals surface area contributed by atoms with Crippen LogP contribution in [-0.4, -0.2) is 28.3 Å². The van der Waals surface area contributed by atoms with Crippen molar-refractivity contribution in [2.45, 2.75) is 46.1 Å². The Labute approximate surface area is 119 Å². The van der Waals surface area contributed by atoms with Gasteiger partial charge in [0.2, 0.25) is 5.88 Å². The van der Waals surface area contributed by atoms with Crippen LogP contribution in [0.4, 0.5) is 13.2 Å². The van der Waals surface area contributed by atoms with E-state index in [9.17, 15) is 18.0 Å². The monoisotopic (exact) mass is 307 g/mol. The molecule has 1 aromatic rings. The van der Waals surface area contributed by atoms with Crippen molar-refractivity contribution in [3.8, 4) is 11.6 Å². The molecule has 0 saturated carbocycles. The summed E-state index contributed by atoms with van der Waals surface area (Å²) in [5.74, 6) is -2.52. The molecular formula is C13H16F3NO4. The van der Waals surface area contributed by atoms with Gasteiger partial charge in [-0.3, -0.25) is 0 Å². The smallest absolute Gasteiger partial charge is 0.434 e. The highest BCUT2D eigenvalue weighted by Crippen LogP contribution is 2.37. The normalized spacial score (nSPS) is 11.9. The number of carbonyl (C=O) groups is 1. The molecule has 0 unspecified atom stereocenters. The Morgan fingerprint density at radius 1 is 1.19 bits per heavy atom. The Morgan fingerprint density at radius 2 is 1.71 bits per heavy atom. The fraction of sp³-hybridized carbons (Fsp3) is 0.538. The van der Waals surface area contributed by atoms with Gasteiger partial charge >= 0.3 is 12.1 Å². The second-order valence-electron chi connectivity index (χ2n) is 4.82. The predicted molar refractivity (Wildman–Crippen MR) is 67.7 cm³/mol. The van der Waals surface area contributed by atoms with Crippen molar-refractivity contribution in [2.75, 3.05) is 0 Å². The number of nitrogens with zero attached hydrogens (tertiary/aromatic N) is 1. The van der Waals surface area contributed by atoms with Crippen LogP contribution in [0, 0.1) is 0 Å². The molecule has 0 spiro atoms. The van der Waals surface area contributed by atoms with Crippen molar-refractivity contribution in [3.63, 3.8) is 0 Å². The summed E-state index contributed by atoms with van der Waals surface area (Å²) in [4.78, 5) is 14.4. The highest BCUT2D eigenvalue weighted by atomic mass is 19.4. The molecule has 1 rings (SSSR count). The first-order valence-corrected chi connectivity index (χ1v) is 6.21. The first-order valence-electron chi connectivity index (χ1n) is 6.21. The van der Waals surface area contributed by atoms with Crippen LogP contribution in [0.15, 0.2) is 6.07 Å². The maximum absolute atomic E-state index is 13.0. The second kappa shape index (κ2) is 6.19. The molecule has 0 fully saturated rings. The lowest BCUT2D eigenvalue weighted by Crippen LogP contribution is -2.20. The Kier molecular flexibility index (Phi) is 5.03. The largest absolute Gasteiger partial charge is 0.490 e. The molecule has 1 aromatic heterocycles. The number of alkyl halides is 3. The Hall–Kier alpha value is -1.99. The molecule has 0 aliphatic carbocycles. The number of hydrogen-bond acceptors (Lipinski definition) is 4. The summed E-state index contributed by atoms with van der Waals surface area (Å²) in [6.45, 7) is 6.37. The number of hydrogen-bond donors (Lipinski definition) is 1. The van der Waals surface area contributed by atoms with E-state index < -0.39 is 41.4 Å². The van der Waals surface area contributed by atoms with E-state index in [0.717, 1.165) is 6.07 Å². The summed E-state index contributed by atoms with van der Waals surface area (Å²) in [6.07, 6.45) is -5.85. The molecule has 21 heavy (non-hydrogen) atoms. The van der Waals surface area contributed by atoms with Gasteiger partial charge in [-0.05, 0) is 27.7 Å². The molecule has 0 aromatic carbocycles. The average molecular weight is 307 g/mol. The van der Waals surface area contributed by atoms with E-state index in [4.69, 9.17) is 14.6 Å². The third kappa shape index (κ3) is 4.51. The van der Waals surface area contributed by atoms with Crippen molar-refractivity contribution in [3.05, 3.63) is 17.3 Å². The zero-order valence-corrected chi connectivity index (χ0v) is 12.0. The molecule has 1 N–H and O–H groups in total. The van der Waals surface area contributed by atoms with Crippen LogP contribution in [0.3, 0.4) is 0 Å². The molecule has 0 aliphatic rings. The van der Waals surface area contributed by atoms with E-state index in [1.54, 1.807) is 27.7 Å². The van der Waals surface area contributed by atoms with Crippen LogP contribution in [0.2, 0.25) is 0 Å². The molecule has 8 heteroatoms. The first kappa shape index (κ1) is 17.1. The minimum atomic E-state index is -4.93. The third-order valence-electron chi connectivity index (χ3n) is 2.16. The number of carboxylic acids is 1. The van der Waals surface area contributed by atoms with Gasteiger partial charge in [0.25, 0.3) is 0 Å². The summed E-state index contributed by atoms with van der Waals surface area (Å²) in [6, 6.07) is 1.05. The van der Waals surface area contributed by atoms with Gasteiger partial charge in [0.15, 0.2) is 5.69 Å². The van der Waals surface area contributed by atoms with Crippen LogP contribution >= 0.6 is 0 Å². The minimum Gasteiger partial charge on any atom is -0.490 e. The van der Waals surface area contributed by atoms with Crippen molar-refractivity contribution >= 4 is 5.97 Å². The van der Waals surface area contributed by atoms with E-state index in [2.05, 4.69) is 4.98 Å². The number of pyridine rings is 1. The van der Waals surface area contributed by atoms with Gasteiger partial charge in [-0.1, -0.05) is 0 Å². The number of aromatic nitrogens is 1. The second-order valence-corrected chi connectivity index (χ2v) is 4.82. The van der Waals surface area contributed by atoms with Crippen molar-refractivity contribution in [1.29, 1.82) is 0 Å². The molecule has 0 saturated heterocycles. The van der Waals surface area contributed by atoms with Crippen LogP contribution in [0.25, 0.3) is 0 Å². The first-order chi connectivity index (χ1) is 9.52. The maximum Gasteiger partial charge on any atom is 0.434 e. The quantitative estimate of drug-likeness (QED) is 0.903. The Morgan fingerprint density at radius 3 is 2.10 bits per heavy atom. The van der Waals surface area contributed by atoms with E-state index >= 15 is 0 Å². The number of halogens is 3. The van der Waals surface area contributed by atoms with Gasteiger partial charge in [-0.2, -0.15) is 13.2 Å². The van der Waals surface area contributed by atoms with Crippen molar-refractivity contribution in [1.82, 2.24) is 4.98 Å². The molecule has 0 bridgehead atoms. The van der Waals surface area contributed by atoms with Gasteiger partial charge in [0, 0.05) is 6.07 Å². The molecule has 118 valence electrons. The van der Waals surface area contributed by atoms with Crippen LogP contribution < -0.4 is 9.47 Å². The molecule has 1 heterocycles. The van der Waals surface area contributed by atoms with Gasteiger partial charge in [0.1, 0.15) is 11.3 Å². The molecule has 5 nitrogen and oxygen atoms in total. The molecule has 0 radical (unpaired) electrons. The summed E-state index contributed by atoms with van der Waals surface area (Å²) >= 11 is 0. The lowest BCUT2D eigenvalue weighted by molar-refractivity contribution is -0.142. The number of rotatable bonds is 5. The zero-order valence-electron chi connectivity index (χ0n) is 12.0. The van der Waals surface area contributed by atoms with Gasteiger partial charge in [0.05, 0.1) is 12.2 Å². The molecule has 0 atom stereocenters. The van der Waals surface area contributed by atoms with E-state index in [0.29, 0.717) is 0 Å². The predicted octanol–water partition coefficient (Wildman–Crippen LogP) is 3.37. The summed E-state index contributed by atoms with van der Waals surface area (Å²) in [7, 11) is 0. The minimum absolute atomic E-state index is 0.335.